The first-order valence-corrected chi connectivity index (χ1v) is 8.71. The van der Waals surface area contributed by atoms with Gasteiger partial charge in [-0.15, -0.1) is 11.8 Å². The van der Waals surface area contributed by atoms with Gasteiger partial charge in [-0.1, -0.05) is 35.9 Å². The zero-order valence-corrected chi connectivity index (χ0v) is 14.8. The molecule has 0 aliphatic carbocycles. The van der Waals surface area contributed by atoms with Gasteiger partial charge in [-0.05, 0) is 38.1 Å². The van der Waals surface area contributed by atoms with E-state index in [2.05, 4.69) is 53.5 Å². The van der Waals surface area contributed by atoms with Crippen molar-refractivity contribution >= 4 is 23.4 Å². The van der Waals surface area contributed by atoms with Crippen LogP contribution in [0.2, 0.25) is 0 Å². The number of benzene rings is 2. The molecule has 0 unspecified atom stereocenters. The van der Waals surface area contributed by atoms with E-state index in [1.165, 1.54) is 5.56 Å². The smallest absolute Gasteiger partial charge is 0.233 e. The van der Waals surface area contributed by atoms with Crippen LogP contribution >= 0.6 is 11.8 Å². The second-order valence-electron chi connectivity index (χ2n) is 5.62. The number of anilines is 1. The molecule has 2 rings (SSSR count). The molecule has 23 heavy (non-hydrogen) atoms. The molecule has 0 aromatic heterocycles. The molecule has 1 N–H and O–H groups in total. The van der Waals surface area contributed by atoms with Crippen LogP contribution in [-0.4, -0.2) is 31.3 Å². The van der Waals surface area contributed by atoms with Crippen molar-refractivity contribution in [3.8, 4) is 0 Å². The lowest BCUT2D eigenvalue weighted by Crippen LogP contribution is -2.36. The van der Waals surface area contributed by atoms with Crippen molar-refractivity contribution in [3.63, 3.8) is 0 Å². The third-order valence-electron chi connectivity index (χ3n) is 3.65. The van der Waals surface area contributed by atoms with Crippen molar-refractivity contribution in [1.29, 1.82) is 0 Å². The first-order valence-electron chi connectivity index (χ1n) is 7.83. The maximum absolute atomic E-state index is 12.2. The summed E-state index contributed by atoms with van der Waals surface area (Å²) in [6.45, 7) is 5.44. The van der Waals surface area contributed by atoms with Crippen molar-refractivity contribution in [2.24, 2.45) is 0 Å². The number of para-hydroxylation sites is 1. The summed E-state index contributed by atoms with van der Waals surface area (Å²) in [5.41, 5.74) is 2.39. The Balaban J connectivity index is 1.74. The van der Waals surface area contributed by atoms with Gasteiger partial charge in [0.15, 0.2) is 0 Å². The number of thioether (sulfide) groups is 1. The van der Waals surface area contributed by atoms with Crippen molar-refractivity contribution in [1.82, 2.24) is 5.32 Å². The van der Waals surface area contributed by atoms with Crippen molar-refractivity contribution in [2.45, 2.75) is 24.0 Å². The summed E-state index contributed by atoms with van der Waals surface area (Å²) in [4.78, 5) is 15.4. The van der Waals surface area contributed by atoms with Gasteiger partial charge in [0.1, 0.15) is 0 Å². The molecule has 0 aliphatic rings. The fourth-order valence-electron chi connectivity index (χ4n) is 2.18. The van der Waals surface area contributed by atoms with E-state index in [9.17, 15) is 4.79 Å². The number of carbonyl (C=O) groups is 1. The van der Waals surface area contributed by atoms with Crippen molar-refractivity contribution in [2.75, 3.05) is 25.0 Å². The van der Waals surface area contributed by atoms with E-state index in [4.69, 9.17) is 0 Å². The van der Waals surface area contributed by atoms with Gasteiger partial charge in [0.2, 0.25) is 5.91 Å². The van der Waals surface area contributed by atoms with Crippen LogP contribution in [0.25, 0.3) is 0 Å². The van der Waals surface area contributed by atoms with Gasteiger partial charge in [-0.3, -0.25) is 4.79 Å². The lowest BCUT2D eigenvalue weighted by molar-refractivity contribution is -0.120. The summed E-state index contributed by atoms with van der Waals surface area (Å²) >= 11 is 1.59. The van der Waals surface area contributed by atoms with Crippen LogP contribution in [0.15, 0.2) is 59.5 Å². The molecule has 1 atom stereocenters. The predicted molar refractivity (Wildman–Crippen MR) is 99.2 cm³/mol. The molecule has 0 radical (unpaired) electrons. The average Bonchev–Trinajstić information content (AvgIpc) is 2.57. The SMILES string of the molecule is Cc1ccc(S[C@@H](C)C(=O)NCCN(C)c2ccccc2)cc1. The van der Waals surface area contributed by atoms with Crippen LogP contribution in [0, 0.1) is 6.92 Å². The predicted octanol–water partition coefficient (Wildman–Crippen LogP) is 3.73. The largest absolute Gasteiger partial charge is 0.373 e. The molecule has 0 bridgehead atoms. The zero-order valence-electron chi connectivity index (χ0n) is 14.0. The summed E-state index contributed by atoms with van der Waals surface area (Å²) in [6, 6.07) is 18.4. The molecule has 0 heterocycles. The summed E-state index contributed by atoms with van der Waals surface area (Å²) < 4.78 is 0. The van der Waals surface area contributed by atoms with Crippen LogP contribution in [-0.2, 0) is 4.79 Å². The van der Waals surface area contributed by atoms with E-state index >= 15 is 0 Å². The number of aryl methyl sites for hydroxylation is 1. The molecule has 2 aromatic carbocycles. The minimum absolute atomic E-state index is 0.0806. The van der Waals surface area contributed by atoms with E-state index in [0.717, 1.165) is 17.1 Å². The third kappa shape index (κ3) is 5.64. The molecule has 4 heteroatoms. The molecular formula is C19H24N2OS. The Morgan fingerprint density at radius 3 is 2.43 bits per heavy atom. The number of carbonyl (C=O) groups excluding carboxylic acids is 1. The first-order chi connectivity index (χ1) is 11.1. The van der Waals surface area contributed by atoms with Crippen LogP contribution in [0.1, 0.15) is 12.5 Å². The zero-order chi connectivity index (χ0) is 16.7. The molecule has 0 saturated heterocycles. The van der Waals surface area contributed by atoms with Crippen LogP contribution in [0.5, 0.6) is 0 Å². The van der Waals surface area contributed by atoms with Gasteiger partial charge in [-0.25, -0.2) is 0 Å². The van der Waals surface area contributed by atoms with E-state index in [1.54, 1.807) is 11.8 Å². The topological polar surface area (TPSA) is 32.3 Å². The number of likely N-dealkylation sites (N-methyl/N-ethyl adjacent to an activating group) is 1. The van der Waals surface area contributed by atoms with Gasteiger partial charge in [0, 0.05) is 30.7 Å². The summed E-state index contributed by atoms with van der Waals surface area (Å²) in [5.74, 6) is 0.0806. The normalized spacial score (nSPS) is 11.8. The Morgan fingerprint density at radius 2 is 1.78 bits per heavy atom. The Bertz CT molecular complexity index is 613. The molecular weight excluding hydrogens is 304 g/mol. The number of nitrogens with one attached hydrogen (secondary N) is 1. The average molecular weight is 328 g/mol. The Labute approximate surface area is 143 Å². The fourth-order valence-corrected chi connectivity index (χ4v) is 3.07. The van der Waals surface area contributed by atoms with Gasteiger partial charge < -0.3 is 10.2 Å². The van der Waals surface area contributed by atoms with Crippen molar-refractivity contribution < 1.29 is 4.79 Å². The Morgan fingerprint density at radius 1 is 1.13 bits per heavy atom. The van der Waals surface area contributed by atoms with Crippen LogP contribution in [0.3, 0.4) is 0 Å². The Kier molecular flexibility index (Phi) is 6.53. The van der Waals surface area contributed by atoms with Gasteiger partial charge in [0.05, 0.1) is 5.25 Å². The lowest BCUT2D eigenvalue weighted by Gasteiger charge is -2.20. The first kappa shape index (κ1) is 17.4. The van der Waals surface area contributed by atoms with E-state index < -0.39 is 0 Å². The highest BCUT2D eigenvalue weighted by molar-refractivity contribution is 8.00. The third-order valence-corrected chi connectivity index (χ3v) is 4.76. The molecule has 3 nitrogen and oxygen atoms in total. The second kappa shape index (κ2) is 8.63. The minimum atomic E-state index is -0.0975. The van der Waals surface area contributed by atoms with E-state index in [-0.39, 0.29) is 11.2 Å². The minimum Gasteiger partial charge on any atom is -0.373 e. The maximum Gasteiger partial charge on any atom is 0.233 e. The molecule has 0 fully saturated rings. The maximum atomic E-state index is 12.2. The summed E-state index contributed by atoms with van der Waals surface area (Å²) in [6.07, 6.45) is 0. The highest BCUT2D eigenvalue weighted by Gasteiger charge is 2.14. The summed E-state index contributed by atoms with van der Waals surface area (Å²) in [7, 11) is 2.03. The van der Waals surface area contributed by atoms with Gasteiger partial charge >= 0.3 is 0 Å². The lowest BCUT2D eigenvalue weighted by atomic mass is 10.2. The number of hydrogen-bond acceptors (Lipinski definition) is 3. The van der Waals surface area contributed by atoms with Crippen LogP contribution < -0.4 is 10.2 Å². The molecule has 1 amide bonds. The number of rotatable bonds is 7. The summed E-state index contributed by atoms with van der Waals surface area (Å²) in [5, 5.41) is 2.92. The molecule has 2 aromatic rings. The second-order valence-corrected chi connectivity index (χ2v) is 7.04. The number of nitrogens with zero attached hydrogens (tertiary/aromatic N) is 1. The number of amides is 1. The monoisotopic (exact) mass is 328 g/mol. The van der Waals surface area contributed by atoms with Gasteiger partial charge in [0.25, 0.3) is 0 Å². The molecule has 122 valence electrons. The standard InChI is InChI=1S/C19H24N2OS/c1-15-9-11-18(12-10-15)23-16(2)19(22)20-13-14-21(3)17-7-5-4-6-8-17/h4-12,16H,13-14H2,1-3H3,(H,20,22)/t16-/m0/s1. The van der Waals surface area contributed by atoms with E-state index in [1.807, 2.05) is 32.2 Å². The Hall–Kier alpha value is -1.94. The van der Waals surface area contributed by atoms with Crippen LogP contribution in [0.4, 0.5) is 5.69 Å². The molecule has 0 aliphatic heterocycles. The highest BCUT2D eigenvalue weighted by atomic mass is 32.2. The van der Waals surface area contributed by atoms with Crippen molar-refractivity contribution in [3.05, 3.63) is 60.2 Å². The molecule has 0 spiro atoms. The van der Waals surface area contributed by atoms with E-state index in [0.29, 0.717) is 6.54 Å². The highest BCUT2D eigenvalue weighted by Crippen LogP contribution is 2.23. The quantitative estimate of drug-likeness (QED) is 0.786. The van der Waals surface area contributed by atoms with Gasteiger partial charge in [-0.2, -0.15) is 0 Å². The fraction of sp³-hybridized carbons (Fsp3) is 0.316. The number of hydrogen-bond donors (Lipinski definition) is 1. The molecule has 0 saturated carbocycles.